The monoisotopic (exact) mass is 1010 g/mol. The Morgan fingerprint density at radius 3 is 2.39 bits per heavy atom. The van der Waals surface area contributed by atoms with Gasteiger partial charge < -0.3 is 34.5 Å². The number of ether oxygens (including phenoxy) is 1. The van der Waals surface area contributed by atoms with E-state index in [1.807, 2.05) is 17.0 Å². The smallest absolute Gasteiger partial charge is 0.319 e. The summed E-state index contributed by atoms with van der Waals surface area (Å²) in [4.78, 5) is 58.1. The molecule has 2 atom stereocenters. The zero-order chi connectivity index (χ0) is 51.3. The molecule has 74 heavy (non-hydrogen) atoms. The summed E-state index contributed by atoms with van der Waals surface area (Å²) in [6, 6.07) is 11.7. The number of anilines is 2. The van der Waals surface area contributed by atoms with Crippen LogP contribution in [0.3, 0.4) is 0 Å². The number of fused-ring (bicyclic) bond motifs is 3. The lowest BCUT2D eigenvalue weighted by Crippen LogP contribution is -2.59. The van der Waals surface area contributed by atoms with E-state index in [1.165, 1.54) is 43.2 Å². The molecular weight excluding hydrogens is 950 g/mol. The lowest BCUT2D eigenvalue weighted by molar-refractivity contribution is -0.136. The number of aryl methyl sites for hydroxylation is 1. The number of carbonyl (C=O) groups excluding carboxylic acids is 3. The molecule has 1 aromatic heterocycles. The first-order valence-electron chi connectivity index (χ1n) is 26.8. The number of allylic oxidation sites excluding steroid dienone is 2. The maximum absolute atomic E-state index is 17.5. The molecule has 3 aromatic carbocycles. The number of amides is 3. The molecule has 6 fully saturated rings. The summed E-state index contributed by atoms with van der Waals surface area (Å²) in [6.45, 7) is 11.7. The van der Waals surface area contributed by atoms with E-state index in [4.69, 9.17) is 9.72 Å². The van der Waals surface area contributed by atoms with Crippen LogP contribution in [0.5, 0.6) is 11.8 Å². The number of phenolic OH excluding ortho intramolecular Hbond substituents is 1. The van der Waals surface area contributed by atoms with Crippen molar-refractivity contribution in [3.63, 3.8) is 0 Å². The molecule has 390 valence electrons. The van der Waals surface area contributed by atoms with Gasteiger partial charge in [-0.05, 0) is 160 Å². The Labute approximate surface area is 429 Å². The van der Waals surface area contributed by atoms with Crippen molar-refractivity contribution in [2.45, 2.75) is 115 Å². The molecular formula is C57H65F3N8O6. The van der Waals surface area contributed by atoms with Crippen molar-refractivity contribution in [3.05, 3.63) is 87.6 Å². The summed E-state index contributed by atoms with van der Waals surface area (Å²) < 4.78 is 55.5. The number of piperazine rings is 1. The molecule has 0 bridgehead atoms. The number of rotatable bonds is 11. The molecule has 1 spiro atoms. The van der Waals surface area contributed by atoms with E-state index in [2.05, 4.69) is 31.1 Å². The zero-order valence-electron chi connectivity index (χ0n) is 42.3. The van der Waals surface area contributed by atoms with Gasteiger partial charge >= 0.3 is 6.01 Å². The number of hydrogen-bond donors (Lipinski definition) is 3. The molecule has 17 heteroatoms. The van der Waals surface area contributed by atoms with Gasteiger partial charge in [0.1, 0.15) is 34.9 Å². The van der Waals surface area contributed by atoms with E-state index in [0.717, 1.165) is 82.7 Å². The van der Waals surface area contributed by atoms with Crippen molar-refractivity contribution in [1.82, 2.24) is 30.0 Å². The van der Waals surface area contributed by atoms with E-state index >= 15 is 13.2 Å². The number of benzene rings is 3. The molecule has 6 heterocycles. The molecule has 8 aliphatic rings. The Kier molecular flexibility index (Phi) is 12.3. The van der Waals surface area contributed by atoms with Gasteiger partial charge in [0.05, 0.1) is 12.2 Å². The topological polar surface area (TPSA) is 155 Å². The third kappa shape index (κ3) is 9.09. The van der Waals surface area contributed by atoms with Crippen LogP contribution in [0.2, 0.25) is 0 Å². The van der Waals surface area contributed by atoms with E-state index in [0.29, 0.717) is 78.7 Å². The average Bonchev–Trinajstić information content (AvgIpc) is 4.09. The van der Waals surface area contributed by atoms with E-state index in [9.17, 15) is 24.6 Å². The van der Waals surface area contributed by atoms with Gasteiger partial charge in [-0.25, -0.2) is 13.2 Å². The number of hydrogen-bond acceptors (Lipinski definition) is 12. The Bertz CT molecular complexity index is 3020. The maximum atomic E-state index is 17.5. The molecule has 2 saturated carbocycles. The van der Waals surface area contributed by atoms with E-state index < -0.39 is 41.4 Å². The lowest BCUT2D eigenvalue weighted by atomic mass is 9.60. The standard InChI is InChI=1S/C57H65F3N8O6/c1-3-40-45(59)8-5-34-24-39(69)27-42(48(34)40)43-25-36(58)26-44-50(49(43)60)62-54(63-51(44)67-16-4-11-55(2,73)31-67)74-33-57(12-13-57)32-64-17-14-56(15-18-64)28-38(29-56)66-21-19-65(20-22-66)37-6-7-41-35(23-37)30-68(53(41)72)46-9-10-47(70)61-52(46)71/h5-8,23-24,26-27,38,46,69,73H,3-4,9-22,25,28-33H2,1-2H3,(H,61,70,71)/t46-,55+/m0/s1. The van der Waals surface area contributed by atoms with Gasteiger partial charge in [-0.1, -0.05) is 13.0 Å². The van der Waals surface area contributed by atoms with Crippen LogP contribution in [0, 0.1) is 16.6 Å². The van der Waals surface area contributed by atoms with Crippen molar-refractivity contribution in [2.24, 2.45) is 10.8 Å². The van der Waals surface area contributed by atoms with Crippen LogP contribution >= 0.6 is 0 Å². The summed E-state index contributed by atoms with van der Waals surface area (Å²) >= 11 is 0. The number of carbonyl (C=O) groups is 3. The van der Waals surface area contributed by atoms with Crippen LogP contribution < -0.4 is 19.9 Å². The van der Waals surface area contributed by atoms with Gasteiger partial charge in [-0.15, -0.1) is 0 Å². The van der Waals surface area contributed by atoms with Crippen LogP contribution in [0.25, 0.3) is 28.2 Å². The molecule has 12 rings (SSSR count). The van der Waals surface area contributed by atoms with Crippen LogP contribution in [0.4, 0.5) is 24.7 Å². The van der Waals surface area contributed by atoms with Crippen molar-refractivity contribution in [1.29, 1.82) is 0 Å². The summed E-state index contributed by atoms with van der Waals surface area (Å²) in [5.74, 6) is -2.62. The first kappa shape index (κ1) is 48.9. The highest BCUT2D eigenvalue weighted by Gasteiger charge is 2.51. The Hall–Kier alpha value is -6.04. The van der Waals surface area contributed by atoms with Gasteiger partial charge in [0.25, 0.3) is 5.91 Å². The number of likely N-dealkylation sites (tertiary alicyclic amines) is 1. The minimum absolute atomic E-state index is 0.0254. The summed E-state index contributed by atoms with van der Waals surface area (Å²) in [7, 11) is 0. The number of piperidine rings is 3. The number of phenols is 1. The fraction of sp³-hybridized carbons (Fsp3) is 0.526. The molecule has 4 saturated heterocycles. The molecule has 4 aromatic rings. The minimum Gasteiger partial charge on any atom is -0.508 e. The third-order valence-corrected chi connectivity index (χ3v) is 17.8. The fourth-order valence-electron chi connectivity index (χ4n) is 13.4. The second-order valence-electron chi connectivity index (χ2n) is 23.0. The number of β-amino-alcohol motifs (C(OH)–C–C–N with tert-alkyl or cyclic N) is 1. The normalized spacial score (nSPS) is 25.2. The number of aliphatic hydroxyl groups is 1. The minimum atomic E-state index is -1.05. The van der Waals surface area contributed by atoms with Crippen molar-refractivity contribution in [3.8, 4) is 11.8 Å². The van der Waals surface area contributed by atoms with Crippen molar-refractivity contribution < 1.29 is 42.5 Å². The summed E-state index contributed by atoms with van der Waals surface area (Å²) in [5, 5.41) is 25.3. The van der Waals surface area contributed by atoms with E-state index in [1.54, 1.807) is 18.7 Å². The second kappa shape index (κ2) is 18.7. The molecule has 0 radical (unpaired) electrons. The van der Waals surface area contributed by atoms with Crippen molar-refractivity contribution in [2.75, 3.05) is 75.3 Å². The molecule has 3 N–H and O–H groups in total. The third-order valence-electron chi connectivity index (χ3n) is 17.8. The first-order valence-corrected chi connectivity index (χ1v) is 26.8. The van der Waals surface area contributed by atoms with Gasteiger partial charge in [-0.2, -0.15) is 9.97 Å². The van der Waals surface area contributed by atoms with Crippen LogP contribution in [0.15, 0.2) is 48.3 Å². The average molecular weight is 1020 g/mol. The predicted molar refractivity (Wildman–Crippen MR) is 275 cm³/mol. The molecule has 0 unspecified atom stereocenters. The number of imide groups is 1. The highest BCUT2D eigenvalue weighted by Crippen LogP contribution is 2.53. The largest absolute Gasteiger partial charge is 0.508 e. The molecule has 14 nitrogen and oxygen atoms in total. The Morgan fingerprint density at radius 1 is 0.878 bits per heavy atom. The van der Waals surface area contributed by atoms with Gasteiger partial charge in [0.15, 0.2) is 5.83 Å². The summed E-state index contributed by atoms with van der Waals surface area (Å²) in [6.07, 6.45) is 9.60. The predicted octanol–water partition coefficient (Wildman–Crippen LogP) is 7.93. The number of nitrogens with one attached hydrogen (secondary N) is 1. The molecule has 5 aliphatic heterocycles. The second-order valence-corrected chi connectivity index (χ2v) is 23.0. The number of halogens is 3. The molecule has 3 amide bonds. The van der Waals surface area contributed by atoms with Gasteiger partial charge in [-0.3, -0.25) is 24.6 Å². The SMILES string of the molecule is CCc1c(F)ccc2cc(O)cc(C3=C(F)c4nc(OCC5(CN6CCC7(CC6)CC(N6CCN(c8ccc9c(c8)CN([C@H]8CCC(=O)NC8=O)C9=O)CC6)C7)CC5)nc(N5CCC[C@@](C)(O)C5)c4C=C(F)C3)c12. The van der Waals surface area contributed by atoms with Crippen LogP contribution in [-0.2, 0) is 22.6 Å². The van der Waals surface area contributed by atoms with Crippen LogP contribution in [0.1, 0.15) is 123 Å². The number of aromatic hydroxyl groups is 1. The number of aromatic nitrogens is 2. The Balaban J connectivity index is 0.688. The highest BCUT2D eigenvalue weighted by molar-refractivity contribution is 6.06. The fourth-order valence-corrected chi connectivity index (χ4v) is 13.4. The van der Waals surface area contributed by atoms with Crippen molar-refractivity contribution >= 4 is 57.5 Å². The Morgan fingerprint density at radius 2 is 1.66 bits per heavy atom. The number of nitrogens with zero attached hydrogens (tertiary/aromatic N) is 7. The lowest BCUT2D eigenvalue weighted by Gasteiger charge is -2.56. The quantitative estimate of drug-likeness (QED) is 0.125. The maximum Gasteiger partial charge on any atom is 0.319 e. The van der Waals surface area contributed by atoms with Gasteiger partial charge in [0.2, 0.25) is 11.8 Å². The van der Waals surface area contributed by atoms with Gasteiger partial charge in [0, 0.05) is 99.0 Å². The highest BCUT2D eigenvalue weighted by atomic mass is 19.1. The summed E-state index contributed by atoms with van der Waals surface area (Å²) in [5.41, 5.74) is 2.35. The van der Waals surface area contributed by atoms with Crippen LogP contribution in [-0.4, -0.2) is 136 Å². The first-order chi connectivity index (χ1) is 35.6. The van der Waals surface area contributed by atoms with E-state index in [-0.39, 0.29) is 70.2 Å². The molecule has 3 aliphatic carbocycles. The zero-order valence-corrected chi connectivity index (χ0v) is 42.3.